The molecule has 11 heteroatoms. The van der Waals surface area contributed by atoms with Crippen LogP contribution in [0.1, 0.15) is 27.2 Å². The molecular weight excluding hydrogens is 400 g/mol. The monoisotopic (exact) mass is 432 g/mol. The molecule has 0 aromatic heterocycles. The molecule has 0 rings (SSSR count). The maximum Gasteiger partial charge on any atom is 0.325 e. The van der Waals surface area contributed by atoms with Crippen molar-refractivity contribution < 1.29 is 28.7 Å². The largest absolute Gasteiger partial charge is 0.468 e. The smallest absolute Gasteiger partial charge is 0.325 e. The van der Waals surface area contributed by atoms with Gasteiger partial charge in [-0.1, -0.05) is 13.8 Å². The van der Waals surface area contributed by atoms with Gasteiger partial charge in [-0.15, -0.1) is 0 Å². The Hall–Kier alpha value is -2.14. The number of hydrogen-bond acceptors (Lipinski definition) is 8. The zero-order chi connectivity index (χ0) is 22.4. The van der Waals surface area contributed by atoms with Crippen LogP contribution in [0.25, 0.3) is 0 Å². The van der Waals surface area contributed by atoms with Crippen LogP contribution in [0.5, 0.6) is 0 Å². The Kier molecular flexibility index (Phi) is 12.9. The van der Waals surface area contributed by atoms with E-state index in [-0.39, 0.29) is 31.5 Å². The molecule has 0 aliphatic rings. The first-order valence-corrected chi connectivity index (χ1v) is 10.6. The Bertz CT molecular complexity index is 587. The van der Waals surface area contributed by atoms with Gasteiger partial charge in [-0.2, -0.15) is 11.8 Å². The van der Waals surface area contributed by atoms with Crippen molar-refractivity contribution >= 4 is 41.7 Å². The Labute approximate surface area is 175 Å². The molecule has 3 amide bonds. The SMILES string of the molecule is COC(=O)CNC(=O)CNC[C@](C)(C=O)NC(=O)[C@H](CCSC)NC(=O)C(C)C. The normalized spacial score (nSPS) is 13.7. The van der Waals surface area contributed by atoms with Crippen LogP contribution in [0.2, 0.25) is 0 Å². The number of hydrogen-bond donors (Lipinski definition) is 4. The number of methoxy groups -OCH3 is 1. The molecule has 2 atom stereocenters. The van der Waals surface area contributed by atoms with Crippen LogP contribution in [0.15, 0.2) is 0 Å². The average molecular weight is 433 g/mol. The second-order valence-corrected chi connectivity index (χ2v) is 7.96. The molecule has 4 N–H and O–H groups in total. The quantitative estimate of drug-likeness (QED) is 0.199. The van der Waals surface area contributed by atoms with Crippen molar-refractivity contribution in [1.29, 1.82) is 0 Å². The van der Waals surface area contributed by atoms with Gasteiger partial charge < -0.3 is 30.8 Å². The molecule has 0 unspecified atom stereocenters. The summed E-state index contributed by atoms with van der Waals surface area (Å²) in [5.41, 5.74) is -1.28. The lowest BCUT2D eigenvalue weighted by molar-refractivity contribution is -0.141. The van der Waals surface area contributed by atoms with Crippen LogP contribution in [0.3, 0.4) is 0 Å². The Balaban J connectivity index is 4.75. The molecule has 0 aromatic carbocycles. The zero-order valence-corrected chi connectivity index (χ0v) is 18.4. The summed E-state index contributed by atoms with van der Waals surface area (Å²) >= 11 is 1.54. The summed E-state index contributed by atoms with van der Waals surface area (Å²) in [4.78, 5) is 58.8. The third kappa shape index (κ3) is 11.4. The maximum atomic E-state index is 12.6. The number of carbonyl (C=O) groups is 5. The fourth-order valence-electron chi connectivity index (χ4n) is 2.07. The molecule has 0 heterocycles. The topological polar surface area (TPSA) is 143 Å². The van der Waals surface area contributed by atoms with E-state index in [1.165, 1.54) is 14.0 Å². The summed E-state index contributed by atoms with van der Waals surface area (Å²) in [6, 6.07) is -0.764. The van der Waals surface area contributed by atoms with E-state index in [0.29, 0.717) is 18.5 Å². The first-order chi connectivity index (χ1) is 13.6. The van der Waals surface area contributed by atoms with Crippen molar-refractivity contribution in [1.82, 2.24) is 21.3 Å². The Morgan fingerprint density at radius 1 is 1.14 bits per heavy atom. The molecule has 0 spiro atoms. The molecule has 0 fully saturated rings. The number of rotatable bonds is 14. The summed E-state index contributed by atoms with van der Waals surface area (Å²) in [7, 11) is 1.21. The van der Waals surface area contributed by atoms with E-state index in [2.05, 4.69) is 26.0 Å². The van der Waals surface area contributed by atoms with E-state index in [1.807, 2.05) is 6.26 Å². The zero-order valence-electron chi connectivity index (χ0n) is 17.6. The minimum Gasteiger partial charge on any atom is -0.468 e. The summed E-state index contributed by atoms with van der Waals surface area (Å²) < 4.78 is 4.41. The number of aldehydes is 1. The minimum absolute atomic E-state index is 0.0126. The van der Waals surface area contributed by atoms with Crippen molar-refractivity contribution in [2.45, 2.75) is 38.8 Å². The predicted molar refractivity (Wildman–Crippen MR) is 110 cm³/mol. The van der Waals surface area contributed by atoms with Crippen LogP contribution < -0.4 is 21.3 Å². The fraction of sp³-hybridized carbons (Fsp3) is 0.722. The van der Waals surface area contributed by atoms with Gasteiger partial charge in [0.2, 0.25) is 17.7 Å². The summed E-state index contributed by atoms with van der Waals surface area (Å²) in [6.45, 7) is 4.53. The highest BCUT2D eigenvalue weighted by atomic mass is 32.2. The Morgan fingerprint density at radius 2 is 1.79 bits per heavy atom. The van der Waals surface area contributed by atoms with Gasteiger partial charge in [-0.3, -0.25) is 19.2 Å². The number of amides is 3. The molecule has 0 radical (unpaired) electrons. The van der Waals surface area contributed by atoms with Crippen LogP contribution in [0.4, 0.5) is 0 Å². The van der Waals surface area contributed by atoms with Gasteiger partial charge in [0, 0.05) is 12.5 Å². The van der Waals surface area contributed by atoms with Crippen molar-refractivity contribution in [3.8, 4) is 0 Å². The standard InChI is InChI=1S/C18H32N4O6S/c1-12(2)16(26)21-13(6-7-29-5)17(27)22-18(3,11-23)10-19-8-14(24)20-9-15(25)28-4/h11-13,19H,6-10H2,1-5H3,(H,20,24)(H,21,26)(H,22,27)/t13-,18+/m0/s1. The van der Waals surface area contributed by atoms with E-state index >= 15 is 0 Å². The second-order valence-electron chi connectivity index (χ2n) is 6.98. The number of nitrogens with one attached hydrogen (secondary N) is 4. The lowest BCUT2D eigenvalue weighted by atomic mass is 10.0. The van der Waals surface area contributed by atoms with Gasteiger partial charge >= 0.3 is 5.97 Å². The van der Waals surface area contributed by atoms with Gasteiger partial charge in [0.1, 0.15) is 24.4 Å². The highest BCUT2D eigenvalue weighted by molar-refractivity contribution is 7.98. The molecule has 0 saturated heterocycles. The molecule has 0 bridgehead atoms. The molecule has 0 aliphatic carbocycles. The minimum atomic E-state index is -1.28. The van der Waals surface area contributed by atoms with E-state index in [4.69, 9.17) is 0 Å². The third-order valence-electron chi connectivity index (χ3n) is 3.87. The fourth-order valence-corrected chi connectivity index (χ4v) is 2.54. The van der Waals surface area contributed by atoms with Gasteiger partial charge in [0.15, 0.2) is 0 Å². The molecule has 0 saturated carbocycles. The molecule has 0 aromatic rings. The molecule has 166 valence electrons. The van der Waals surface area contributed by atoms with Gasteiger partial charge in [-0.25, -0.2) is 0 Å². The summed E-state index contributed by atoms with van der Waals surface area (Å²) in [5, 5.41) is 10.4. The summed E-state index contributed by atoms with van der Waals surface area (Å²) in [5.74, 6) is -1.38. The van der Waals surface area contributed by atoms with Crippen molar-refractivity contribution in [3.63, 3.8) is 0 Å². The van der Waals surface area contributed by atoms with Crippen molar-refractivity contribution in [2.75, 3.05) is 38.8 Å². The Morgan fingerprint density at radius 3 is 2.31 bits per heavy atom. The molecule has 10 nitrogen and oxygen atoms in total. The highest BCUT2D eigenvalue weighted by Crippen LogP contribution is 2.06. The van der Waals surface area contributed by atoms with Crippen molar-refractivity contribution in [2.24, 2.45) is 5.92 Å². The first-order valence-electron chi connectivity index (χ1n) is 9.20. The number of carbonyl (C=O) groups excluding carboxylic acids is 5. The van der Waals surface area contributed by atoms with Gasteiger partial charge in [-0.05, 0) is 25.4 Å². The molecular formula is C18H32N4O6S. The summed E-state index contributed by atoms with van der Waals surface area (Å²) in [6.07, 6.45) is 2.88. The van der Waals surface area contributed by atoms with Gasteiger partial charge in [0.25, 0.3) is 0 Å². The van der Waals surface area contributed by atoms with Gasteiger partial charge in [0.05, 0.1) is 13.7 Å². The van der Waals surface area contributed by atoms with Crippen LogP contribution in [-0.2, 0) is 28.7 Å². The third-order valence-corrected chi connectivity index (χ3v) is 4.52. The number of ether oxygens (including phenoxy) is 1. The number of esters is 1. The van der Waals surface area contributed by atoms with E-state index in [1.54, 1.807) is 25.6 Å². The maximum absolute atomic E-state index is 12.6. The van der Waals surface area contributed by atoms with Crippen molar-refractivity contribution in [3.05, 3.63) is 0 Å². The highest BCUT2D eigenvalue weighted by Gasteiger charge is 2.30. The predicted octanol–water partition coefficient (Wildman–Crippen LogP) is -1.17. The van der Waals surface area contributed by atoms with Crippen LogP contribution >= 0.6 is 11.8 Å². The molecule has 29 heavy (non-hydrogen) atoms. The van der Waals surface area contributed by atoms with Crippen LogP contribution in [-0.4, -0.2) is 80.3 Å². The average Bonchev–Trinajstić information content (AvgIpc) is 2.68. The second kappa shape index (κ2) is 13.9. The first kappa shape index (κ1) is 26.9. The molecule has 0 aliphatic heterocycles. The van der Waals surface area contributed by atoms with E-state index in [0.717, 1.165) is 0 Å². The lowest BCUT2D eigenvalue weighted by Gasteiger charge is -2.28. The van der Waals surface area contributed by atoms with E-state index in [9.17, 15) is 24.0 Å². The lowest BCUT2D eigenvalue weighted by Crippen LogP contribution is -2.59. The number of thioether (sulfide) groups is 1. The van der Waals surface area contributed by atoms with Crippen LogP contribution in [0, 0.1) is 5.92 Å². The van der Waals surface area contributed by atoms with E-state index < -0.39 is 29.4 Å².